The number of fused-ring (bicyclic) bond motifs is 15. The van der Waals surface area contributed by atoms with Crippen molar-refractivity contribution in [2.75, 3.05) is 0 Å². The summed E-state index contributed by atoms with van der Waals surface area (Å²) in [5.74, 6) is 0.659. The van der Waals surface area contributed by atoms with Gasteiger partial charge < -0.3 is 0 Å². The number of rotatable bonds is 3. The van der Waals surface area contributed by atoms with E-state index >= 15 is 0 Å². The van der Waals surface area contributed by atoms with Crippen LogP contribution in [0.2, 0.25) is 0 Å². The van der Waals surface area contributed by atoms with Gasteiger partial charge in [0.15, 0.2) is 0 Å². The summed E-state index contributed by atoms with van der Waals surface area (Å²) in [6.07, 6.45) is 5.59. The minimum absolute atomic E-state index is 0.608. The minimum Gasteiger partial charge on any atom is -0.278 e. The van der Waals surface area contributed by atoms with E-state index in [0.717, 1.165) is 16.7 Å². The van der Waals surface area contributed by atoms with Crippen LogP contribution in [-0.2, 0) is 5.41 Å². The minimum atomic E-state index is -0.608. The summed E-state index contributed by atoms with van der Waals surface area (Å²) < 4.78 is 2.23. The molecule has 0 saturated carbocycles. The molecule has 0 fully saturated rings. The molecule has 58 heavy (non-hydrogen) atoms. The quantitative estimate of drug-likeness (QED) is 0.170. The molecule has 3 aromatic heterocycles. The zero-order valence-electron chi connectivity index (χ0n) is 31.3. The summed E-state index contributed by atoms with van der Waals surface area (Å²) in [7, 11) is 0. The average Bonchev–Trinajstić information content (AvgIpc) is 3.89. The van der Waals surface area contributed by atoms with Gasteiger partial charge >= 0.3 is 0 Å². The molecule has 4 heteroatoms. The molecule has 4 nitrogen and oxygen atoms in total. The standard InChI is InChI=1S/C54H32N4/c1-2-14-33(15-3-1)50-37-18-4-6-20-39(37)51(40-21-7-5-19-38(40)50)34-25-26-41-46(30-34)54(45-23-12-27-55-52(41)45)44-22-10-8-16-35(44)42-31-43-36-17-9-11-24-48(36)58(49(43)32-47(42)54)53-56-28-13-29-57-53/h1-32H. The molecule has 13 rings (SSSR count). The van der Waals surface area contributed by atoms with Crippen molar-refractivity contribution in [3.63, 3.8) is 0 Å². The Kier molecular flexibility index (Phi) is 6.34. The Morgan fingerprint density at radius 2 is 0.948 bits per heavy atom. The fourth-order valence-corrected chi connectivity index (χ4v) is 10.6. The predicted octanol–water partition coefficient (Wildman–Crippen LogP) is 13.0. The molecule has 2 aliphatic carbocycles. The normalized spacial score (nSPS) is 15.0. The Morgan fingerprint density at radius 3 is 1.71 bits per heavy atom. The van der Waals surface area contributed by atoms with Crippen molar-refractivity contribution in [1.29, 1.82) is 0 Å². The van der Waals surface area contributed by atoms with E-state index in [4.69, 9.17) is 15.0 Å². The van der Waals surface area contributed by atoms with E-state index in [1.807, 2.05) is 24.7 Å². The molecule has 1 spiro atoms. The molecule has 3 heterocycles. The Morgan fingerprint density at radius 1 is 0.345 bits per heavy atom. The van der Waals surface area contributed by atoms with Crippen LogP contribution in [0, 0.1) is 0 Å². The zero-order valence-corrected chi connectivity index (χ0v) is 31.3. The third kappa shape index (κ3) is 4.01. The summed E-state index contributed by atoms with van der Waals surface area (Å²) in [4.78, 5) is 14.7. The van der Waals surface area contributed by atoms with Crippen LogP contribution in [0.15, 0.2) is 195 Å². The van der Waals surface area contributed by atoms with E-state index in [0.29, 0.717) is 5.95 Å². The second-order valence-corrected chi connectivity index (χ2v) is 15.5. The topological polar surface area (TPSA) is 43.6 Å². The van der Waals surface area contributed by atoms with Crippen LogP contribution in [0.25, 0.3) is 93.9 Å². The van der Waals surface area contributed by atoms with Gasteiger partial charge in [0.1, 0.15) is 0 Å². The Hall–Kier alpha value is -7.69. The van der Waals surface area contributed by atoms with Gasteiger partial charge in [-0.1, -0.05) is 140 Å². The molecule has 11 aromatic rings. The summed E-state index contributed by atoms with van der Waals surface area (Å²) >= 11 is 0. The van der Waals surface area contributed by atoms with Crippen molar-refractivity contribution in [3.8, 4) is 50.6 Å². The molecule has 0 N–H and O–H groups in total. The molecule has 1 unspecified atom stereocenters. The first-order valence-corrected chi connectivity index (χ1v) is 19.9. The van der Waals surface area contributed by atoms with Gasteiger partial charge in [0.05, 0.1) is 22.1 Å². The fourth-order valence-electron chi connectivity index (χ4n) is 10.6. The first-order chi connectivity index (χ1) is 28.8. The smallest absolute Gasteiger partial charge is 0.234 e. The van der Waals surface area contributed by atoms with Crippen LogP contribution in [0.1, 0.15) is 22.3 Å². The average molecular weight is 737 g/mol. The maximum atomic E-state index is 5.15. The van der Waals surface area contributed by atoms with E-state index in [9.17, 15) is 0 Å². The molecule has 8 aromatic carbocycles. The van der Waals surface area contributed by atoms with Gasteiger partial charge in [0, 0.05) is 34.9 Å². The highest BCUT2D eigenvalue weighted by Gasteiger charge is 2.52. The van der Waals surface area contributed by atoms with Gasteiger partial charge in [-0.3, -0.25) is 9.55 Å². The highest BCUT2D eigenvalue weighted by Crippen LogP contribution is 2.63. The number of aromatic nitrogens is 4. The lowest BCUT2D eigenvalue weighted by molar-refractivity contribution is 0.792. The summed E-state index contributed by atoms with van der Waals surface area (Å²) in [5.41, 5.74) is 16.2. The van der Waals surface area contributed by atoms with Gasteiger partial charge in [0.2, 0.25) is 5.95 Å². The van der Waals surface area contributed by atoms with Crippen molar-refractivity contribution < 1.29 is 0 Å². The first-order valence-electron chi connectivity index (χ1n) is 19.9. The molecule has 0 amide bonds. The molecule has 1 atom stereocenters. The van der Waals surface area contributed by atoms with Crippen LogP contribution in [0.3, 0.4) is 0 Å². The molecule has 0 saturated heterocycles. The van der Waals surface area contributed by atoms with Gasteiger partial charge in [-0.2, -0.15) is 0 Å². The van der Waals surface area contributed by atoms with E-state index < -0.39 is 5.41 Å². The first kappa shape index (κ1) is 31.5. The van der Waals surface area contributed by atoms with Crippen molar-refractivity contribution in [1.82, 2.24) is 19.5 Å². The van der Waals surface area contributed by atoms with Crippen LogP contribution in [0.5, 0.6) is 0 Å². The maximum Gasteiger partial charge on any atom is 0.234 e. The van der Waals surface area contributed by atoms with Crippen LogP contribution >= 0.6 is 0 Å². The lowest BCUT2D eigenvalue weighted by Gasteiger charge is -2.30. The van der Waals surface area contributed by atoms with Gasteiger partial charge in [-0.25, -0.2) is 9.97 Å². The lowest BCUT2D eigenvalue weighted by Crippen LogP contribution is -2.26. The van der Waals surface area contributed by atoms with Crippen molar-refractivity contribution in [3.05, 3.63) is 217 Å². The van der Waals surface area contributed by atoms with Crippen LogP contribution in [0.4, 0.5) is 0 Å². The largest absolute Gasteiger partial charge is 0.278 e. The number of benzene rings is 8. The monoisotopic (exact) mass is 736 g/mol. The van der Waals surface area contributed by atoms with E-state index in [2.05, 4.69) is 174 Å². The maximum absolute atomic E-state index is 5.15. The van der Waals surface area contributed by atoms with Crippen molar-refractivity contribution in [2.24, 2.45) is 0 Å². The highest BCUT2D eigenvalue weighted by atomic mass is 15.1. The Balaban J connectivity index is 1.15. The number of hydrogen-bond donors (Lipinski definition) is 0. The predicted molar refractivity (Wildman–Crippen MR) is 236 cm³/mol. The van der Waals surface area contributed by atoms with Gasteiger partial charge in [-0.05, 0) is 114 Å². The van der Waals surface area contributed by atoms with E-state index in [-0.39, 0.29) is 0 Å². The molecule has 0 aliphatic heterocycles. The Bertz CT molecular complexity index is 3460. The van der Waals surface area contributed by atoms with E-state index in [1.165, 1.54) is 93.5 Å². The molecule has 0 bridgehead atoms. The summed E-state index contributed by atoms with van der Waals surface area (Å²) in [6, 6.07) is 64.5. The highest BCUT2D eigenvalue weighted by molar-refractivity contribution is 6.21. The van der Waals surface area contributed by atoms with Gasteiger partial charge in [-0.15, -0.1) is 0 Å². The van der Waals surface area contributed by atoms with Gasteiger partial charge in [0.25, 0.3) is 0 Å². The number of para-hydroxylation sites is 1. The van der Waals surface area contributed by atoms with Crippen LogP contribution in [-0.4, -0.2) is 19.5 Å². The second kappa shape index (κ2) is 11.7. The second-order valence-electron chi connectivity index (χ2n) is 15.5. The molecule has 2 aliphatic rings. The summed E-state index contributed by atoms with van der Waals surface area (Å²) in [6.45, 7) is 0. The third-order valence-corrected chi connectivity index (χ3v) is 12.8. The number of pyridine rings is 1. The Labute approximate surface area is 334 Å². The van der Waals surface area contributed by atoms with Crippen molar-refractivity contribution in [2.45, 2.75) is 5.41 Å². The third-order valence-electron chi connectivity index (χ3n) is 12.8. The fraction of sp³-hybridized carbons (Fsp3) is 0.0185. The molecule has 0 radical (unpaired) electrons. The SMILES string of the molecule is c1ccc(-c2c3ccccc3c(-c3ccc4c(c3)C3(c5ccccc5-c5cc6c7ccccc7n(-c7ncccn7)c6cc53)c3cccnc3-4)c3ccccc23)cc1. The van der Waals surface area contributed by atoms with E-state index in [1.54, 1.807) is 0 Å². The number of nitrogens with zero attached hydrogens (tertiary/aromatic N) is 4. The molecule has 268 valence electrons. The zero-order chi connectivity index (χ0) is 38.0. The van der Waals surface area contributed by atoms with Crippen molar-refractivity contribution >= 4 is 43.4 Å². The summed E-state index contributed by atoms with van der Waals surface area (Å²) in [5, 5.41) is 7.34. The lowest BCUT2D eigenvalue weighted by atomic mass is 9.70. The number of hydrogen-bond acceptors (Lipinski definition) is 3. The molecular formula is C54H32N4. The van der Waals surface area contributed by atoms with Crippen LogP contribution < -0.4 is 0 Å². The molecular weight excluding hydrogens is 705 g/mol.